The lowest BCUT2D eigenvalue weighted by Gasteiger charge is -2.06. The van der Waals surface area contributed by atoms with Crippen molar-refractivity contribution in [2.45, 2.75) is 19.8 Å². The van der Waals surface area contributed by atoms with E-state index in [1.54, 1.807) is 6.92 Å². The van der Waals surface area contributed by atoms with Crippen molar-refractivity contribution in [1.82, 2.24) is 0 Å². The van der Waals surface area contributed by atoms with E-state index in [-0.39, 0.29) is 12.1 Å². The third-order valence-electron chi connectivity index (χ3n) is 1.79. The predicted octanol–water partition coefficient (Wildman–Crippen LogP) is 2.84. The van der Waals surface area contributed by atoms with Crippen LogP contribution in [0.15, 0.2) is 12.1 Å². The van der Waals surface area contributed by atoms with Crippen LogP contribution in [0.4, 0.5) is 18.9 Å². The zero-order valence-electron chi connectivity index (χ0n) is 8.11. The Morgan fingerprint density at radius 3 is 2.53 bits per heavy atom. The average Bonchev–Trinajstić information content (AvgIpc) is 2.20. The monoisotopic (exact) mass is 217 g/mol. The predicted molar refractivity (Wildman–Crippen MR) is 49.9 cm³/mol. The van der Waals surface area contributed by atoms with Gasteiger partial charge >= 0.3 is 0 Å². The molecule has 1 amide bonds. The molecular formula is C10H10F3NO. The Bertz CT molecular complexity index is 379. The highest BCUT2D eigenvalue weighted by Crippen LogP contribution is 2.19. The van der Waals surface area contributed by atoms with E-state index in [1.807, 2.05) is 0 Å². The molecule has 0 atom stereocenters. The number of carbonyl (C=O) groups is 1. The first-order valence-electron chi connectivity index (χ1n) is 4.49. The summed E-state index contributed by atoms with van der Waals surface area (Å²) in [5.41, 5.74) is -0.340. The van der Waals surface area contributed by atoms with Crippen molar-refractivity contribution in [3.05, 3.63) is 29.6 Å². The maximum atomic E-state index is 13.0. The molecule has 5 heteroatoms. The third kappa shape index (κ3) is 2.71. The zero-order valence-corrected chi connectivity index (χ0v) is 8.11. The fraction of sp³-hybridized carbons (Fsp3) is 0.300. The van der Waals surface area contributed by atoms with Crippen molar-refractivity contribution in [2.24, 2.45) is 0 Å². The minimum Gasteiger partial charge on any atom is -0.324 e. The highest BCUT2D eigenvalue weighted by molar-refractivity contribution is 5.90. The van der Waals surface area contributed by atoms with Crippen molar-refractivity contribution in [3.8, 4) is 0 Å². The summed E-state index contributed by atoms with van der Waals surface area (Å²) in [6.07, 6.45) is 0.801. The van der Waals surface area contributed by atoms with Crippen LogP contribution in [0.1, 0.15) is 19.8 Å². The van der Waals surface area contributed by atoms with E-state index >= 15 is 0 Å². The van der Waals surface area contributed by atoms with Crippen LogP contribution in [0, 0.1) is 17.5 Å². The molecule has 0 spiro atoms. The molecule has 0 aliphatic carbocycles. The molecule has 0 aliphatic heterocycles. The van der Waals surface area contributed by atoms with E-state index in [9.17, 15) is 18.0 Å². The Hall–Kier alpha value is -1.52. The Morgan fingerprint density at radius 1 is 1.27 bits per heavy atom. The molecule has 0 fully saturated rings. The van der Waals surface area contributed by atoms with Crippen LogP contribution in [0.2, 0.25) is 0 Å². The molecule has 0 aromatic heterocycles. The standard InChI is InChI=1S/C10H10F3NO/c1-2-3-8(15)14-7-5-4-6(11)9(12)10(7)13/h4-5H,2-3H2,1H3,(H,14,15). The molecule has 0 bridgehead atoms. The first-order chi connectivity index (χ1) is 7.06. The first kappa shape index (κ1) is 11.6. The van der Waals surface area contributed by atoms with Crippen molar-refractivity contribution in [1.29, 1.82) is 0 Å². The van der Waals surface area contributed by atoms with Gasteiger partial charge in [0.2, 0.25) is 5.91 Å². The van der Waals surface area contributed by atoms with Gasteiger partial charge < -0.3 is 5.32 Å². The van der Waals surface area contributed by atoms with E-state index in [2.05, 4.69) is 5.32 Å². The second kappa shape index (κ2) is 4.82. The number of carbonyl (C=O) groups excluding carboxylic acids is 1. The second-order valence-electron chi connectivity index (χ2n) is 3.02. The summed E-state index contributed by atoms with van der Waals surface area (Å²) in [6, 6.07) is 1.75. The smallest absolute Gasteiger partial charge is 0.224 e. The van der Waals surface area contributed by atoms with Crippen LogP contribution in [-0.2, 0) is 4.79 Å². The highest BCUT2D eigenvalue weighted by Gasteiger charge is 2.14. The Balaban J connectivity index is 2.87. The fourth-order valence-corrected chi connectivity index (χ4v) is 1.06. The summed E-state index contributed by atoms with van der Waals surface area (Å²) in [4.78, 5) is 11.1. The van der Waals surface area contributed by atoms with Crippen molar-refractivity contribution in [3.63, 3.8) is 0 Å². The molecule has 82 valence electrons. The summed E-state index contributed by atoms with van der Waals surface area (Å²) in [5.74, 6) is -4.66. The Labute approximate surface area is 85.1 Å². The van der Waals surface area contributed by atoms with Crippen molar-refractivity contribution >= 4 is 11.6 Å². The van der Waals surface area contributed by atoms with Crippen molar-refractivity contribution in [2.75, 3.05) is 5.32 Å². The number of hydrogen-bond donors (Lipinski definition) is 1. The van der Waals surface area contributed by atoms with Gasteiger partial charge in [0.05, 0.1) is 5.69 Å². The van der Waals surface area contributed by atoms with Gasteiger partial charge in [-0.05, 0) is 18.6 Å². The highest BCUT2D eigenvalue weighted by atomic mass is 19.2. The number of hydrogen-bond acceptors (Lipinski definition) is 1. The maximum Gasteiger partial charge on any atom is 0.224 e. The molecule has 1 aromatic rings. The van der Waals surface area contributed by atoms with Gasteiger partial charge in [0.25, 0.3) is 0 Å². The molecule has 0 heterocycles. The van der Waals surface area contributed by atoms with Crippen molar-refractivity contribution < 1.29 is 18.0 Å². The number of rotatable bonds is 3. The lowest BCUT2D eigenvalue weighted by molar-refractivity contribution is -0.116. The second-order valence-corrected chi connectivity index (χ2v) is 3.02. The number of halogens is 3. The molecule has 1 rings (SSSR count). The van der Waals surface area contributed by atoms with E-state index < -0.39 is 23.4 Å². The molecule has 0 saturated heterocycles. The number of anilines is 1. The SMILES string of the molecule is CCCC(=O)Nc1ccc(F)c(F)c1F. The molecule has 0 aliphatic rings. The Morgan fingerprint density at radius 2 is 1.93 bits per heavy atom. The molecule has 0 unspecified atom stereocenters. The number of nitrogens with one attached hydrogen (secondary N) is 1. The topological polar surface area (TPSA) is 29.1 Å². The quantitative estimate of drug-likeness (QED) is 0.775. The maximum absolute atomic E-state index is 13.0. The molecule has 15 heavy (non-hydrogen) atoms. The zero-order chi connectivity index (χ0) is 11.4. The van der Waals surface area contributed by atoms with Gasteiger partial charge in [0.15, 0.2) is 17.5 Å². The van der Waals surface area contributed by atoms with Gasteiger partial charge in [-0.15, -0.1) is 0 Å². The fourth-order valence-electron chi connectivity index (χ4n) is 1.06. The number of benzene rings is 1. The van der Waals surface area contributed by atoms with E-state index in [1.165, 1.54) is 0 Å². The molecule has 1 N–H and O–H groups in total. The summed E-state index contributed by atoms with van der Waals surface area (Å²) in [5, 5.41) is 2.16. The van der Waals surface area contributed by atoms with Crippen LogP contribution >= 0.6 is 0 Å². The van der Waals surface area contributed by atoms with Gasteiger partial charge in [-0.2, -0.15) is 0 Å². The summed E-state index contributed by atoms with van der Waals surface area (Å²) >= 11 is 0. The van der Waals surface area contributed by atoms with E-state index in [0.29, 0.717) is 6.42 Å². The minimum atomic E-state index is -1.58. The largest absolute Gasteiger partial charge is 0.324 e. The minimum absolute atomic E-state index is 0.207. The molecule has 2 nitrogen and oxygen atoms in total. The normalized spacial score (nSPS) is 10.1. The molecule has 0 radical (unpaired) electrons. The van der Waals surface area contributed by atoms with Gasteiger partial charge in [-0.1, -0.05) is 6.92 Å². The summed E-state index contributed by atoms with van der Waals surface area (Å²) in [7, 11) is 0. The first-order valence-corrected chi connectivity index (χ1v) is 4.49. The van der Waals surface area contributed by atoms with Gasteiger partial charge in [-0.3, -0.25) is 4.79 Å². The summed E-state index contributed by atoms with van der Waals surface area (Å²) < 4.78 is 38.3. The van der Waals surface area contributed by atoms with Crippen LogP contribution in [0.3, 0.4) is 0 Å². The lowest BCUT2D eigenvalue weighted by Crippen LogP contribution is -2.12. The van der Waals surface area contributed by atoms with Gasteiger partial charge in [0.1, 0.15) is 0 Å². The molecule has 0 saturated carbocycles. The summed E-state index contributed by atoms with van der Waals surface area (Å²) in [6.45, 7) is 1.78. The van der Waals surface area contributed by atoms with Crippen LogP contribution in [0.25, 0.3) is 0 Å². The van der Waals surface area contributed by atoms with Crippen LogP contribution in [-0.4, -0.2) is 5.91 Å². The molecule has 1 aromatic carbocycles. The van der Waals surface area contributed by atoms with Gasteiger partial charge in [0, 0.05) is 6.42 Å². The van der Waals surface area contributed by atoms with Gasteiger partial charge in [-0.25, -0.2) is 13.2 Å². The third-order valence-corrected chi connectivity index (χ3v) is 1.79. The van der Waals surface area contributed by atoms with E-state index in [0.717, 1.165) is 12.1 Å². The Kier molecular flexibility index (Phi) is 3.71. The van der Waals surface area contributed by atoms with E-state index in [4.69, 9.17) is 0 Å². The average molecular weight is 217 g/mol. The lowest BCUT2D eigenvalue weighted by atomic mass is 10.2. The van der Waals surface area contributed by atoms with Crippen LogP contribution < -0.4 is 5.32 Å². The molecular weight excluding hydrogens is 207 g/mol. The number of amides is 1. The van der Waals surface area contributed by atoms with Crippen LogP contribution in [0.5, 0.6) is 0 Å².